The number of methoxy groups -OCH3 is 1. The lowest BCUT2D eigenvalue weighted by molar-refractivity contribution is -0.139. The minimum atomic E-state index is -4.67. The molecular formula is C29H34F3N5O4. The molecule has 0 spiro atoms. The van der Waals surface area contributed by atoms with E-state index in [0.717, 1.165) is 11.9 Å². The predicted octanol–water partition coefficient (Wildman–Crippen LogP) is 5.83. The molecule has 0 bridgehead atoms. The number of anilines is 3. The number of alkyl halides is 3. The zero-order valence-electron chi connectivity index (χ0n) is 23.5. The van der Waals surface area contributed by atoms with Crippen molar-refractivity contribution in [3.63, 3.8) is 0 Å². The average Bonchev–Trinajstić information content (AvgIpc) is 2.92. The van der Waals surface area contributed by atoms with E-state index in [1.54, 1.807) is 35.3 Å². The number of allylic oxidation sites excluding steroid dienone is 3. The van der Waals surface area contributed by atoms with Crippen LogP contribution in [-0.2, 0) is 20.4 Å². The molecule has 1 aliphatic carbocycles. The standard InChI is InChI=1S/C29H34F3N5O4/c1-28(2,3)41-27(39)37-15-13-36(14-16-37)21-11-9-20(10-12-21)34-26-33-18-23(29(30,31)32)25(35-26)22-8-6-5-7-19(22)17-24(38)40-4/h5-7,9-12,18,22H,8,13-17H2,1-4H3,(H,33,34,35). The lowest BCUT2D eigenvalue weighted by Gasteiger charge is -2.36. The van der Waals surface area contributed by atoms with Crippen LogP contribution in [0.2, 0.25) is 0 Å². The second kappa shape index (κ2) is 12.2. The number of nitrogens with one attached hydrogen (secondary N) is 1. The number of halogens is 3. The number of carbonyl (C=O) groups is 2. The van der Waals surface area contributed by atoms with Crippen LogP contribution in [0.3, 0.4) is 0 Å². The molecule has 1 saturated heterocycles. The van der Waals surface area contributed by atoms with Crippen LogP contribution in [0, 0.1) is 0 Å². The molecule has 1 unspecified atom stereocenters. The third-order valence-electron chi connectivity index (χ3n) is 6.72. The molecule has 0 saturated carbocycles. The molecular weight excluding hydrogens is 539 g/mol. The van der Waals surface area contributed by atoms with Gasteiger partial charge in [-0.05, 0) is 57.0 Å². The summed E-state index contributed by atoms with van der Waals surface area (Å²) in [7, 11) is 1.24. The van der Waals surface area contributed by atoms with E-state index in [2.05, 4.69) is 20.2 Å². The maximum atomic E-state index is 13.9. The number of benzene rings is 1. The summed E-state index contributed by atoms with van der Waals surface area (Å²) in [5.41, 5.74) is 0.338. The molecule has 2 heterocycles. The van der Waals surface area contributed by atoms with Crippen LogP contribution < -0.4 is 10.2 Å². The predicted molar refractivity (Wildman–Crippen MR) is 148 cm³/mol. The number of hydrogen-bond acceptors (Lipinski definition) is 8. The number of piperazine rings is 1. The minimum Gasteiger partial charge on any atom is -0.469 e. The van der Waals surface area contributed by atoms with Gasteiger partial charge in [0.25, 0.3) is 0 Å². The fraction of sp³-hybridized carbons (Fsp3) is 0.448. The van der Waals surface area contributed by atoms with E-state index in [1.165, 1.54) is 7.11 Å². The summed E-state index contributed by atoms with van der Waals surface area (Å²) in [6.45, 7) is 7.82. The molecule has 1 N–H and O–H groups in total. The van der Waals surface area contributed by atoms with Crippen LogP contribution in [0.4, 0.5) is 35.3 Å². The van der Waals surface area contributed by atoms with Gasteiger partial charge in [0, 0.05) is 49.7 Å². The first-order valence-corrected chi connectivity index (χ1v) is 13.3. The fourth-order valence-electron chi connectivity index (χ4n) is 4.68. The molecule has 1 aromatic carbocycles. The van der Waals surface area contributed by atoms with Crippen molar-refractivity contribution < 1.29 is 32.2 Å². The Morgan fingerprint density at radius 2 is 1.76 bits per heavy atom. The number of hydrogen-bond donors (Lipinski definition) is 1. The molecule has 4 rings (SSSR count). The number of ether oxygens (including phenoxy) is 2. The Kier molecular flexibility index (Phi) is 8.89. The van der Waals surface area contributed by atoms with Gasteiger partial charge >= 0.3 is 18.2 Å². The summed E-state index contributed by atoms with van der Waals surface area (Å²) < 4.78 is 51.9. The quantitative estimate of drug-likeness (QED) is 0.432. The van der Waals surface area contributed by atoms with Gasteiger partial charge in [-0.3, -0.25) is 4.79 Å². The first-order chi connectivity index (χ1) is 19.3. The first-order valence-electron chi connectivity index (χ1n) is 13.3. The maximum Gasteiger partial charge on any atom is 0.419 e. The number of nitrogens with zero attached hydrogens (tertiary/aromatic N) is 4. The number of rotatable bonds is 6. The van der Waals surface area contributed by atoms with Crippen LogP contribution in [0.5, 0.6) is 0 Å². The van der Waals surface area contributed by atoms with Crippen molar-refractivity contribution in [2.24, 2.45) is 0 Å². The van der Waals surface area contributed by atoms with E-state index in [0.29, 0.717) is 37.4 Å². The first kappa shape index (κ1) is 29.9. The topological polar surface area (TPSA) is 96.9 Å². The molecule has 0 radical (unpaired) electrons. The van der Waals surface area contributed by atoms with E-state index >= 15 is 0 Å². The van der Waals surface area contributed by atoms with Gasteiger partial charge in [0.2, 0.25) is 5.95 Å². The Bertz CT molecular complexity index is 1310. The highest BCUT2D eigenvalue weighted by atomic mass is 19.4. The smallest absolute Gasteiger partial charge is 0.419 e. The van der Waals surface area contributed by atoms with Gasteiger partial charge in [0.05, 0.1) is 24.8 Å². The fourth-order valence-corrected chi connectivity index (χ4v) is 4.68. The van der Waals surface area contributed by atoms with Crippen molar-refractivity contribution in [3.8, 4) is 0 Å². The van der Waals surface area contributed by atoms with Crippen molar-refractivity contribution in [2.75, 3.05) is 43.5 Å². The molecule has 2 aromatic rings. The van der Waals surface area contributed by atoms with E-state index in [4.69, 9.17) is 9.47 Å². The molecule has 220 valence electrons. The number of amides is 1. The summed E-state index contributed by atoms with van der Waals surface area (Å²) >= 11 is 0. The van der Waals surface area contributed by atoms with Crippen LogP contribution in [0.25, 0.3) is 0 Å². The van der Waals surface area contributed by atoms with Gasteiger partial charge < -0.3 is 24.6 Å². The Hall–Kier alpha value is -4.09. The number of carbonyl (C=O) groups excluding carboxylic acids is 2. The summed E-state index contributed by atoms with van der Waals surface area (Å²) in [6.07, 6.45) is 0.990. The van der Waals surface area contributed by atoms with E-state index in [1.807, 2.05) is 32.9 Å². The lowest BCUT2D eigenvalue weighted by atomic mass is 9.85. The average molecular weight is 574 g/mol. The van der Waals surface area contributed by atoms with Crippen LogP contribution in [0.1, 0.15) is 50.8 Å². The van der Waals surface area contributed by atoms with Crippen molar-refractivity contribution in [1.29, 1.82) is 0 Å². The highest BCUT2D eigenvalue weighted by Crippen LogP contribution is 2.40. The molecule has 2 aliphatic rings. The Labute approximate surface area is 237 Å². The van der Waals surface area contributed by atoms with Gasteiger partial charge in [-0.2, -0.15) is 13.2 Å². The summed E-state index contributed by atoms with van der Waals surface area (Å²) in [4.78, 5) is 36.3. The Morgan fingerprint density at radius 3 is 2.37 bits per heavy atom. The zero-order valence-corrected chi connectivity index (χ0v) is 23.5. The lowest BCUT2D eigenvalue weighted by Crippen LogP contribution is -2.50. The summed E-state index contributed by atoms with van der Waals surface area (Å²) in [5, 5.41) is 3.00. The van der Waals surface area contributed by atoms with Gasteiger partial charge in [0.15, 0.2) is 0 Å². The molecule has 1 amide bonds. The number of esters is 1. The molecule has 1 aliphatic heterocycles. The van der Waals surface area contributed by atoms with Crippen molar-refractivity contribution >= 4 is 29.4 Å². The zero-order chi connectivity index (χ0) is 29.8. The molecule has 9 nitrogen and oxygen atoms in total. The highest BCUT2D eigenvalue weighted by Gasteiger charge is 2.38. The normalized spacial score (nSPS) is 17.6. The number of aromatic nitrogens is 2. The van der Waals surface area contributed by atoms with Crippen LogP contribution in [0.15, 0.2) is 54.3 Å². The van der Waals surface area contributed by atoms with Gasteiger partial charge in [-0.25, -0.2) is 14.8 Å². The highest BCUT2D eigenvalue weighted by molar-refractivity contribution is 5.73. The Balaban J connectivity index is 1.47. The van der Waals surface area contributed by atoms with E-state index in [9.17, 15) is 22.8 Å². The molecule has 1 fully saturated rings. The minimum absolute atomic E-state index is 0.0127. The third kappa shape index (κ3) is 7.77. The van der Waals surface area contributed by atoms with Crippen LogP contribution >= 0.6 is 0 Å². The molecule has 12 heteroatoms. The summed E-state index contributed by atoms with van der Waals surface area (Å²) in [5.74, 6) is -1.27. The monoisotopic (exact) mass is 573 g/mol. The van der Waals surface area contributed by atoms with Crippen LogP contribution in [-0.4, -0.2) is 65.8 Å². The Morgan fingerprint density at radius 1 is 1.07 bits per heavy atom. The maximum absolute atomic E-state index is 13.9. The van der Waals surface area contributed by atoms with E-state index in [-0.39, 0.29) is 30.6 Å². The SMILES string of the molecule is COC(=O)CC1=CC=CCC1c1nc(Nc2ccc(N3CCN(C(=O)OC(C)(C)C)CC3)cc2)ncc1C(F)(F)F. The van der Waals surface area contributed by atoms with Gasteiger partial charge in [-0.15, -0.1) is 0 Å². The second-order valence-corrected chi connectivity index (χ2v) is 10.8. The van der Waals surface area contributed by atoms with Gasteiger partial charge in [0.1, 0.15) is 5.60 Å². The third-order valence-corrected chi connectivity index (χ3v) is 6.72. The molecule has 41 heavy (non-hydrogen) atoms. The molecule has 1 aromatic heterocycles. The second-order valence-electron chi connectivity index (χ2n) is 10.8. The van der Waals surface area contributed by atoms with Gasteiger partial charge in [-0.1, -0.05) is 18.2 Å². The summed E-state index contributed by atoms with van der Waals surface area (Å²) in [6, 6.07) is 7.36. The van der Waals surface area contributed by atoms with Crippen molar-refractivity contribution in [1.82, 2.24) is 14.9 Å². The van der Waals surface area contributed by atoms with Crippen molar-refractivity contribution in [3.05, 3.63) is 65.5 Å². The van der Waals surface area contributed by atoms with Crippen molar-refractivity contribution in [2.45, 2.75) is 51.3 Å². The largest absolute Gasteiger partial charge is 0.469 e. The molecule has 1 atom stereocenters. The van der Waals surface area contributed by atoms with E-state index < -0.39 is 29.2 Å².